The van der Waals surface area contributed by atoms with Crippen molar-refractivity contribution in [1.82, 2.24) is 0 Å². The van der Waals surface area contributed by atoms with E-state index in [4.69, 9.17) is 14.2 Å². The predicted octanol–water partition coefficient (Wildman–Crippen LogP) is 2.93. The van der Waals surface area contributed by atoms with Gasteiger partial charge in [-0.3, -0.25) is 14.9 Å². The van der Waals surface area contributed by atoms with Crippen LogP contribution in [0.1, 0.15) is 15.9 Å². The number of methoxy groups -OCH3 is 2. The molecular formula is C17H13NO7. The highest BCUT2D eigenvalue weighted by Gasteiger charge is 2.29. The monoisotopic (exact) mass is 343 g/mol. The lowest BCUT2D eigenvalue weighted by Crippen LogP contribution is -2.01. The number of benzene rings is 2. The number of hydrogen-bond acceptors (Lipinski definition) is 7. The van der Waals surface area contributed by atoms with E-state index in [1.165, 1.54) is 50.6 Å². The molecule has 0 spiro atoms. The number of nitro groups is 1. The largest absolute Gasteiger partial charge is 0.508 e. The third-order valence-corrected chi connectivity index (χ3v) is 3.67. The van der Waals surface area contributed by atoms with Crippen LogP contribution in [0.2, 0.25) is 0 Å². The number of ether oxygens (including phenoxy) is 3. The van der Waals surface area contributed by atoms with Crippen molar-refractivity contribution in [2.24, 2.45) is 0 Å². The lowest BCUT2D eigenvalue weighted by atomic mass is 10.1. The number of allylic oxidation sites excluding steroid dienone is 1. The summed E-state index contributed by atoms with van der Waals surface area (Å²) < 4.78 is 15.6. The second kappa shape index (κ2) is 6.16. The SMILES string of the molecule is COc1cc(C=C2Oc3cc(O)ccc3C2=O)c([N+](=O)[O-])cc1OC. The maximum Gasteiger partial charge on any atom is 0.280 e. The summed E-state index contributed by atoms with van der Waals surface area (Å²) >= 11 is 0. The molecule has 0 atom stereocenters. The standard InChI is InChI=1S/C17H13NO7/c1-23-14-5-9(12(18(21)22)8-15(14)24-2)6-16-17(20)11-4-3-10(19)7-13(11)25-16/h3-8,19H,1-2H3. The lowest BCUT2D eigenvalue weighted by molar-refractivity contribution is -0.385. The highest BCUT2D eigenvalue weighted by molar-refractivity contribution is 6.14. The highest BCUT2D eigenvalue weighted by atomic mass is 16.6. The molecule has 0 saturated carbocycles. The molecule has 3 rings (SSSR count). The maximum absolute atomic E-state index is 12.4. The van der Waals surface area contributed by atoms with E-state index < -0.39 is 10.7 Å². The van der Waals surface area contributed by atoms with Crippen molar-refractivity contribution in [3.63, 3.8) is 0 Å². The van der Waals surface area contributed by atoms with Crippen molar-refractivity contribution in [3.8, 4) is 23.0 Å². The van der Waals surface area contributed by atoms with E-state index in [0.29, 0.717) is 0 Å². The van der Waals surface area contributed by atoms with Gasteiger partial charge in [0, 0.05) is 6.07 Å². The Bertz CT molecular complexity index is 917. The quantitative estimate of drug-likeness (QED) is 0.516. The minimum absolute atomic E-state index is 0.0510. The number of nitro benzene ring substituents is 1. The lowest BCUT2D eigenvalue weighted by Gasteiger charge is -2.09. The first-order chi connectivity index (χ1) is 11.9. The van der Waals surface area contributed by atoms with Crippen molar-refractivity contribution in [2.75, 3.05) is 14.2 Å². The van der Waals surface area contributed by atoms with Crippen LogP contribution in [0.4, 0.5) is 5.69 Å². The summed E-state index contributed by atoms with van der Waals surface area (Å²) in [6, 6.07) is 6.69. The van der Waals surface area contributed by atoms with Crippen LogP contribution >= 0.6 is 0 Å². The average molecular weight is 343 g/mol. The molecule has 0 radical (unpaired) electrons. The molecule has 0 bridgehead atoms. The van der Waals surface area contributed by atoms with Crippen LogP contribution in [-0.2, 0) is 0 Å². The molecule has 2 aromatic carbocycles. The first-order valence-electron chi connectivity index (χ1n) is 7.12. The van der Waals surface area contributed by atoms with Gasteiger partial charge in [-0.25, -0.2) is 0 Å². The highest BCUT2D eigenvalue weighted by Crippen LogP contribution is 2.38. The number of phenols is 1. The topological polar surface area (TPSA) is 108 Å². The van der Waals surface area contributed by atoms with E-state index >= 15 is 0 Å². The van der Waals surface area contributed by atoms with Crippen molar-refractivity contribution in [1.29, 1.82) is 0 Å². The Morgan fingerprint density at radius 2 is 1.84 bits per heavy atom. The molecule has 0 aliphatic carbocycles. The normalized spacial score (nSPS) is 14.2. The van der Waals surface area contributed by atoms with Crippen molar-refractivity contribution in [3.05, 3.63) is 57.3 Å². The maximum atomic E-state index is 12.4. The van der Waals surface area contributed by atoms with Gasteiger partial charge in [-0.05, 0) is 24.3 Å². The zero-order valence-corrected chi connectivity index (χ0v) is 13.3. The molecule has 0 saturated heterocycles. The minimum Gasteiger partial charge on any atom is -0.508 e. The molecule has 8 nitrogen and oxygen atoms in total. The summed E-state index contributed by atoms with van der Waals surface area (Å²) in [5, 5.41) is 20.8. The van der Waals surface area contributed by atoms with Crippen LogP contribution in [0.15, 0.2) is 36.1 Å². The van der Waals surface area contributed by atoms with Crippen LogP contribution in [0, 0.1) is 10.1 Å². The van der Waals surface area contributed by atoms with Gasteiger partial charge in [0.15, 0.2) is 17.3 Å². The molecule has 2 aromatic rings. The van der Waals surface area contributed by atoms with Gasteiger partial charge in [0.2, 0.25) is 5.78 Å². The molecule has 1 heterocycles. The van der Waals surface area contributed by atoms with Gasteiger partial charge in [-0.2, -0.15) is 0 Å². The number of fused-ring (bicyclic) bond motifs is 1. The van der Waals surface area contributed by atoms with Gasteiger partial charge < -0.3 is 19.3 Å². The van der Waals surface area contributed by atoms with Crippen LogP contribution in [-0.4, -0.2) is 30.0 Å². The van der Waals surface area contributed by atoms with Crippen LogP contribution in [0.3, 0.4) is 0 Å². The second-order valence-corrected chi connectivity index (χ2v) is 5.14. The summed E-state index contributed by atoms with van der Waals surface area (Å²) in [7, 11) is 2.77. The summed E-state index contributed by atoms with van der Waals surface area (Å²) in [6.07, 6.45) is 1.26. The summed E-state index contributed by atoms with van der Waals surface area (Å²) in [6.45, 7) is 0. The Balaban J connectivity index is 2.10. The number of rotatable bonds is 4. The number of ketones is 1. The van der Waals surface area contributed by atoms with E-state index in [1.807, 2.05) is 0 Å². The zero-order valence-electron chi connectivity index (χ0n) is 13.3. The molecule has 128 valence electrons. The Kier molecular flexibility index (Phi) is 4.02. The molecule has 8 heteroatoms. The van der Waals surface area contributed by atoms with E-state index in [0.717, 1.165) is 0 Å². The number of Topliss-reactive ketones (excluding diaryl/α,β-unsaturated/α-hetero) is 1. The van der Waals surface area contributed by atoms with Crippen LogP contribution in [0.5, 0.6) is 23.0 Å². The van der Waals surface area contributed by atoms with Crippen LogP contribution < -0.4 is 14.2 Å². The number of hydrogen-bond donors (Lipinski definition) is 1. The summed E-state index contributed by atoms with van der Waals surface area (Å²) in [5.74, 6) is 0.100. The number of aromatic hydroxyl groups is 1. The Morgan fingerprint density at radius 3 is 2.48 bits per heavy atom. The molecule has 0 unspecified atom stereocenters. The molecule has 0 fully saturated rings. The van der Waals surface area contributed by atoms with Crippen LogP contribution in [0.25, 0.3) is 6.08 Å². The number of nitrogens with zero attached hydrogens (tertiary/aromatic N) is 1. The van der Waals surface area contributed by atoms with Gasteiger partial charge in [-0.15, -0.1) is 0 Å². The Morgan fingerprint density at radius 1 is 1.16 bits per heavy atom. The number of carbonyl (C=O) groups excluding carboxylic acids is 1. The molecule has 1 aliphatic rings. The molecule has 0 aromatic heterocycles. The van der Waals surface area contributed by atoms with E-state index in [2.05, 4.69) is 0 Å². The second-order valence-electron chi connectivity index (χ2n) is 5.14. The minimum atomic E-state index is -0.591. The van der Waals surface area contributed by atoms with E-state index in [9.17, 15) is 20.0 Å². The Labute approximate surface area is 142 Å². The van der Waals surface area contributed by atoms with Crippen molar-refractivity contribution >= 4 is 17.5 Å². The van der Waals surface area contributed by atoms with Crippen molar-refractivity contribution < 1.29 is 29.0 Å². The van der Waals surface area contributed by atoms with Gasteiger partial charge in [0.05, 0.1) is 36.3 Å². The predicted molar refractivity (Wildman–Crippen MR) is 87.2 cm³/mol. The number of carbonyl (C=O) groups is 1. The van der Waals surface area contributed by atoms with Gasteiger partial charge in [0.25, 0.3) is 5.69 Å². The molecule has 0 amide bonds. The number of phenolic OH excluding ortho intramolecular Hbond substituents is 1. The molecule has 25 heavy (non-hydrogen) atoms. The third-order valence-electron chi connectivity index (χ3n) is 3.67. The smallest absolute Gasteiger partial charge is 0.280 e. The fourth-order valence-corrected chi connectivity index (χ4v) is 2.47. The summed E-state index contributed by atoms with van der Waals surface area (Å²) in [4.78, 5) is 23.1. The molecule has 1 aliphatic heterocycles. The third kappa shape index (κ3) is 2.85. The Hall–Kier alpha value is -3.55. The zero-order chi connectivity index (χ0) is 18.1. The van der Waals surface area contributed by atoms with E-state index in [1.54, 1.807) is 0 Å². The fraction of sp³-hybridized carbons (Fsp3) is 0.118. The molecule has 1 N–H and O–H groups in total. The summed E-state index contributed by atoms with van der Waals surface area (Å²) in [5.41, 5.74) is 0.135. The first kappa shape index (κ1) is 16.3. The van der Waals surface area contributed by atoms with Gasteiger partial charge in [0.1, 0.15) is 11.5 Å². The average Bonchev–Trinajstić information content (AvgIpc) is 2.89. The van der Waals surface area contributed by atoms with Crippen molar-refractivity contribution in [2.45, 2.75) is 0 Å². The van der Waals surface area contributed by atoms with Gasteiger partial charge in [-0.1, -0.05) is 0 Å². The van der Waals surface area contributed by atoms with E-state index in [-0.39, 0.29) is 45.6 Å². The van der Waals surface area contributed by atoms with Gasteiger partial charge >= 0.3 is 0 Å². The molecular weight excluding hydrogens is 330 g/mol. The first-order valence-corrected chi connectivity index (χ1v) is 7.12. The fourth-order valence-electron chi connectivity index (χ4n) is 2.47.